The van der Waals surface area contributed by atoms with E-state index < -0.39 is 0 Å². The van der Waals surface area contributed by atoms with Crippen LogP contribution in [-0.4, -0.2) is 23.6 Å². The summed E-state index contributed by atoms with van der Waals surface area (Å²) in [7, 11) is 0. The van der Waals surface area contributed by atoms with Crippen molar-refractivity contribution in [2.75, 3.05) is 11.9 Å². The van der Waals surface area contributed by atoms with Crippen molar-refractivity contribution < 1.29 is 14.3 Å². The fourth-order valence-corrected chi connectivity index (χ4v) is 4.11. The number of anilines is 1. The van der Waals surface area contributed by atoms with E-state index in [9.17, 15) is 9.59 Å². The molecular weight excluding hydrogens is 549 g/mol. The Bertz CT molecular complexity index is 1220. The van der Waals surface area contributed by atoms with Crippen LogP contribution in [0.3, 0.4) is 0 Å². The molecule has 0 atom stereocenters. The molecule has 1 heterocycles. The van der Waals surface area contributed by atoms with Crippen molar-refractivity contribution in [3.63, 3.8) is 0 Å². The normalized spacial score (nSPS) is 15.5. The van der Waals surface area contributed by atoms with E-state index in [1.165, 1.54) is 11.8 Å². The summed E-state index contributed by atoms with van der Waals surface area (Å²) < 4.78 is 6.66. The second-order valence-electron chi connectivity index (χ2n) is 7.23. The number of hydrogen-bond acceptors (Lipinski definition) is 5. The maximum atomic E-state index is 12.3. The third-order valence-electron chi connectivity index (χ3n) is 4.59. The number of ether oxygens (including phenoxy) is 1. The summed E-state index contributed by atoms with van der Waals surface area (Å²) in [6.45, 7) is 1.92. The van der Waals surface area contributed by atoms with Crippen molar-refractivity contribution in [3.8, 4) is 5.75 Å². The van der Waals surface area contributed by atoms with Gasteiger partial charge in [0.25, 0.3) is 11.8 Å². The van der Waals surface area contributed by atoms with Gasteiger partial charge in [0.15, 0.2) is 11.8 Å². The molecule has 0 spiro atoms. The average molecular weight is 569 g/mol. The van der Waals surface area contributed by atoms with Crippen LogP contribution in [0.4, 0.5) is 11.4 Å². The number of nitrogens with one attached hydrogen (secondary N) is 2. The molecule has 6 nitrogen and oxygen atoms in total. The van der Waals surface area contributed by atoms with Crippen LogP contribution in [0, 0.1) is 10.5 Å². The van der Waals surface area contributed by atoms with E-state index in [0.717, 1.165) is 26.1 Å². The van der Waals surface area contributed by atoms with Crippen LogP contribution in [-0.2, 0) is 9.59 Å². The zero-order valence-corrected chi connectivity index (χ0v) is 20.6. The molecule has 3 aromatic rings. The SMILES string of the molecule is Cc1ccc(N=C2NC(=O)/C(=C/c3ccc(OCC(=O)Nc4ccc(I)cc4)cc3)S2)cc1. The monoisotopic (exact) mass is 569 g/mol. The summed E-state index contributed by atoms with van der Waals surface area (Å²) in [4.78, 5) is 29.4. The summed E-state index contributed by atoms with van der Waals surface area (Å²) >= 11 is 3.51. The van der Waals surface area contributed by atoms with Gasteiger partial charge in [-0.15, -0.1) is 0 Å². The van der Waals surface area contributed by atoms with Gasteiger partial charge < -0.3 is 15.4 Å². The van der Waals surface area contributed by atoms with Gasteiger partial charge in [-0.25, -0.2) is 4.99 Å². The molecule has 0 unspecified atom stereocenters. The van der Waals surface area contributed by atoms with E-state index in [0.29, 0.717) is 15.8 Å². The van der Waals surface area contributed by atoms with Crippen LogP contribution in [0.1, 0.15) is 11.1 Å². The van der Waals surface area contributed by atoms with Gasteiger partial charge in [0, 0.05) is 9.26 Å². The Morgan fingerprint density at radius 1 is 1.06 bits per heavy atom. The van der Waals surface area contributed by atoms with Crippen molar-refractivity contribution in [3.05, 3.63) is 92.4 Å². The quantitative estimate of drug-likeness (QED) is 0.303. The first-order valence-electron chi connectivity index (χ1n) is 10.1. The first-order valence-corrected chi connectivity index (χ1v) is 12.0. The van der Waals surface area contributed by atoms with Crippen molar-refractivity contribution in [1.29, 1.82) is 0 Å². The fourth-order valence-electron chi connectivity index (χ4n) is 2.91. The lowest BCUT2D eigenvalue weighted by Gasteiger charge is -2.08. The number of aliphatic imine (C=N–C) groups is 1. The van der Waals surface area contributed by atoms with Gasteiger partial charge in [-0.2, -0.15) is 0 Å². The molecule has 0 aromatic heterocycles. The molecule has 0 saturated carbocycles. The predicted molar refractivity (Wildman–Crippen MR) is 142 cm³/mol. The van der Waals surface area contributed by atoms with Crippen LogP contribution < -0.4 is 15.4 Å². The fraction of sp³-hybridized carbons (Fsp3) is 0.0800. The molecule has 2 N–H and O–H groups in total. The molecule has 1 aliphatic heterocycles. The molecular formula is C25H20IN3O3S. The first-order chi connectivity index (χ1) is 15.9. The van der Waals surface area contributed by atoms with Crippen LogP contribution in [0.2, 0.25) is 0 Å². The molecule has 166 valence electrons. The topological polar surface area (TPSA) is 79.8 Å². The van der Waals surface area contributed by atoms with Crippen LogP contribution in [0.25, 0.3) is 6.08 Å². The number of aryl methyl sites for hydroxylation is 1. The number of benzene rings is 3. The highest BCUT2D eigenvalue weighted by atomic mass is 127. The number of carbonyl (C=O) groups excluding carboxylic acids is 2. The summed E-state index contributed by atoms with van der Waals surface area (Å²) in [6.07, 6.45) is 1.80. The highest BCUT2D eigenvalue weighted by molar-refractivity contribution is 14.1. The smallest absolute Gasteiger partial charge is 0.264 e. The summed E-state index contributed by atoms with van der Waals surface area (Å²) in [5.74, 6) is 0.153. The molecule has 0 bridgehead atoms. The Balaban J connectivity index is 1.33. The number of thioether (sulfide) groups is 1. The second kappa shape index (κ2) is 10.7. The Labute approximate surface area is 209 Å². The number of rotatable bonds is 6. The van der Waals surface area contributed by atoms with Gasteiger partial charge in [-0.3, -0.25) is 9.59 Å². The van der Waals surface area contributed by atoms with Gasteiger partial charge in [-0.05, 0) is 101 Å². The lowest BCUT2D eigenvalue weighted by Crippen LogP contribution is -2.20. The van der Waals surface area contributed by atoms with Gasteiger partial charge in [0.1, 0.15) is 5.75 Å². The van der Waals surface area contributed by atoms with Gasteiger partial charge in [0.05, 0.1) is 10.6 Å². The van der Waals surface area contributed by atoms with E-state index in [1.807, 2.05) is 67.6 Å². The lowest BCUT2D eigenvalue weighted by molar-refractivity contribution is -0.118. The third-order valence-corrected chi connectivity index (χ3v) is 6.22. The van der Waals surface area contributed by atoms with E-state index >= 15 is 0 Å². The molecule has 33 heavy (non-hydrogen) atoms. The van der Waals surface area contributed by atoms with Crippen molar-refractivity contribution in [2.24, 2.45) is 4.99 Å². The average Bonchev–Trinajstić information content (AvgIpc) is 3.15. The van der Waals surface area contributed by atoms with Crippen molar-refractivity contribution in [1.82, 2.24) is 5.32 Å². The molecule has 8 heteroatoms. The lowest BCUT2D eigenvalue weighted by atomic mass is 10.2. The Kier molecular flexibility index (Phi) is 7.46. The third kappa shape index (κ3) is 6.69. The summed E-state index contributed by atoms with van der Waals surface area (Å²) in [5, 5.41) is 6.13. The zero-order chi connectivity index (χ0) is 23.2. The molecule has 3 aromatic carbocycles. The Morgan fingerprint density at radius 3 is 2.45 bits per heavy atom. The van der Waals surface area contributed by atoms with Crippen molar-refractivity contribution >= 4 is 68.8 Å². The number of halogens is 1. The molecule has 2 amide bonds. The summed E-state index contributed by atoms with van der Waals surface area (Å²) in [5.41, 5.74) is 3.52. The number of amidine groups is 1. The zero-order valence-electron chi connectivity index (χ0n) is 17.7. The van der Waals surface area contributed by atoms with Crippen molar-refractivity contribution in [2.45, 2.75) is 6.92 Å². The minimum Gasteiger partial charge on any atom is -0.484 e. The van der Waals surface area contributed by atoms with Crippen LogP contribution >= 0.6 is 34.4 Å². The van der Waals surface area contributed by atoms with E-state index in [4.69, 9.17) is 4.74 Å². The first kappa shape index (κ1) is 23.1. The van der Waals surface area contributed by atoms with E-state index in [1.54, 1.807) is 18.2 Å². The molecule has 1 fully saturated rings. The second-order valence-corrected chi connectivity index (χ2v) is 9.51. The van der Waals surface area contributed by atoms with Crippen LogP contribution in [0.15, 0.2) is 82.7 Å². The maximum absolute atomic E-state index is 12.3. The Hall–Kier alpha value is -3.11. The minimum atomic E-state index is -0.234. The van der Waals surface area contributed by atoms with E-state index in [-0.39, 0.29) is 18.4 Å². The van der Waals surface area contributed by atoms with E-state index in [2.05, 4.69) is 38.2 Å². The molecule has 1 saturated heterocycles. The Morgan fingerprint density at radius 2 is 1.76 bits per heavy atom. The minimum absolute atomic E-state index is 0.0937. The number of hydrogen-bond donors (Lipinski definition) is 2. The highest BCUT2D eigenvalue weighted by Crippen LogP contribution is 2.28. The predicted octanol–water partition coefficient (Wildman–Crippen LogP) is 5.51. The maximum Gasteiger partial charge on any atom is 0.264 e. The number of carbonyl (C=O) groups is 2. The molecule has 0 radical (unpaired) electrons. The standard InChI is InChI=1S/C25H20IN3O3S/c1-16-2-8-20(9-3-16)28-25-29-24(31)22(33-25)14-17-4-12-21(13-5-17)32-15-23(30)27-19-10-6-18(26)7-11-19/h2-14H,15H2,1H3,(H,27,30)(H,28,29,31)/b22-14-. The largest absolute Gasteiger partial charge is 0.484 e. The molecule has 1 aliphatic rings. The van der Waals surface area contributed by atoms with Crippen LogP contribution in [0.5, 0.6) is 5.75 Å². The number of nitrogens with zero attached hydrogens (tertiary/aromatic N) is 1. The van der Waals surface area contributed by atoms with Gasteiger partial charge in [-0.1, -0.05) is 29.8 Å². The number of amides is 2. The van der Waals surface area contributed by atoms with Gasteiger partial charge >= 0.3 is 0 Å². The molecule has 4 rings (SSSR count). The molecule has 0 aliphatic carbocycles. The van der Waals surface area contributed by atoms with Gasteiger partial charge in [0.2, 0.25) is 0 Å². The summed E-state index contributed by atoms with van der Waals surface area (Å²) in [6, 6.07) is 22.5. The highest BCUT2D eigenvalue weighted by Gasteiger charge is 2.23.